The van der Waals surface area contributed by atoms with Gasteiger partial charge in [-0.25, -0.2) is 9.97 Å². The minimum Gasteiger partial charge on any atom is -0.368 e. The zero-order chi connectivity index (χ0) is 18.4. The summed E-state index contributed by atoms with van der Waals surface area (Å²) in [4.78, 5) is 21.9. The van der Waals surface area contributed by atoms with E-state index in [1.54, 1.807) is 11.1 Å². The Morgan fingerprint density at radius 1 is 1.19 bits per heavy atom. The predicted octanol–water partition coefficient (Wildman–Crippen LogP) is 3.27. The van der Waals surface area contributed by atoms with Crippen molar-refractivity contribution in [3.8, 4) is 0 Å². The van der Waals surface area contributed by atoms with Gasteiger partial charge in [0.05, 0.1) is 5.69 Å². The number of rotatable bonds is 8. The molecule has 0 aliphatic heterocycles. The first-order valence-corrected chi connectivity index (χ1v) is 8.56. The maximum Gasteiger partial charge on any atom is 0.218 e. The minimum atomic E-state index is 0.445. The van der Waals surface area contributed by atoms with Crippen molar-refractivity contribution in [2.24, 2.45) is 0 Å². The van der Waals surface area contributed by atoms with E-state index in [0.29, 0.717) is 30.4 Å². The third-order valence-electron chi connectivity index (χ3n) is 4.11. The molecule has 2 heterocycles. The Labute approximate surface area is 152 Å². The van der Waals surface area contributed by atoms with E-state index in [-0.39, 0.29) is 0 Å². The molecule has 7 heteroatoms. The van der Waals surface area contributed by atoms with Crippen LogP contribution in [0.5, 0.6) is 0 Å². The van der Waals surface area contributed by atoms with Crippen molar-refractivity contribution in [3.05, 3.63) is 60.3 Å². The molecule has 3 aromatic rings. The van der Waals surface area contributed by atoms with Gasteiger partial charge in [-0.3, -0.25) is 14.8 Å². The topological polar surface area (TPSA) is 86.8 Å². The first-order valence-electron chi connectivity index (χ1n) is 8.56. The van der Waals surface area contributed by atoms with Crippen LogP contribution in [0, 0.1) is 0 Å². The summed E-state index contributed by atoms with van der Waals surface area (Å²) in [6.45, 7) is 4.91. The van der Waals surface area contributed by atoms with Gasteiger partial charge in [-0.1, -0.05) is 26.0 Å². The Bertz CT molecular complexity index is 830. The van der Waals surface area contributed by atoms with Crippen LogP contribution in [-0.4, -0.2) is 33.1 Å². The second kappa shape index (κ2) is 8.24. The summed E-state index contributed by atoms with van der Waals surface area (Å²) in [6.07, 6.45) is 4.67. The molecule has 2 N–H and O–H groups in total. The Kier molecular flexibility index (Phi) is 5.58. The van der Waals surface area contributed by atoms with Crippen LogP contribution in [0.3, 0.4) is 0 Å². The highest BCUT2D eigenvalue weighted by atomic mass is 16.1. The van der Waals surface area contributed by atoms with E-state index in [1.165, 1.54) is 11.9 Å². The fourth-order valence-electron chi connectivity index (χ4n) is 2.65. The highest BCUT2D eigenvalue weighted by Gasteiger charge is 2.14. The number of nitrogens with zero attached hydrogens (tertiary/aromatic N) is 4. The van der Waals surface area contributed by atoms with E-state index in [4.69, 9.17) is 0 Å². The molecule has 1 amide bonds. The largest absolute Gasteiger partial charge is 0.368 e. The molecular weight excluding hydrogens is 328 g/mol. The van der Waals surface area contributed by atoms with Gasteiger partial charge in [0.1, 0.15) is 18.0 Å². The molecule has 0 fully saturated rings. The van der Waals surface area contributed by atoms with Crippen LogP contribution in [-0.2, 0) is 11.2 Å². The predicted molar refractivity (Wildman–Crippen MR) is 102 cm³/mol. The molecule has 0 bridgehead atoms. The van der Waals surface area contributed by atoms with Crippen LogP contribution < -0.4 is 10.2 Å². The van der Waals surface area contributed by atoms with Crippen molar-refractivity contribution in [2.45, 2.75) is 26.2 Å². The SMILES string of the molecule is CC(C)c1ccc(N(C=O)c2cccnc2NCCc2ncn[nH]2)cc1. The summed E-state index contributed by atoms with van der Waals surface area (Å²) in [5.74, 6) is 1.89. The summed E-state index contributed by atoms with van der Waals surface area (Å²) < 4.78 is 0. The number of H-pyrrole nitrogens is 1. The third kappa shape index (κ3) is 4.05. The molecule has 134 valence electrons. The van der Waals surface area contributed by atoms with Crippen LogP contribution in [0.15, 0.2) is 48.9 Å². The van der Waals surface area contributed by atoms with E-state index in [9.17, 15) is 4.79 Å². The van der Waals surface area contributed by atoms with Crippen molar-refractivity contribution in [1.82, 2.24) is 20.2 Å². The first-order chi connectivity index (χ1) is 12.7. The van der Waals surface area contributed by atoms with Gasteiger partial charge in [0.25, 0.3) is 0 Å². The monoisotopic (exact) mass is 350 g/mol. The molecule has 0 saturated carbocycles. The lowest BCUT2D eigenvalue weighted by Crippen LogP contribution is -2.18. The Hall–Kier alpha value is -3.22. The molecule has 0 spiro atoms. The van der Waals surface area contributed by atoms with Crippen molar-refractivity contribution in [3.63, 3.8) is 0 Å². The number of benzene rings is 1. The third-order valence-corrected chi connectivity index (χ3v) is 4.11. The highest BCUT2D eigenvalue weighted by Crippen LogP contribution is 2.30. The lowest BCUT2D eigenvalue weighted by atomic mass is 10.0. The quantitative estimate of drug-likeness (QED) is 0.609. The summed E-state index contributed by atoms with van der Waals surface area (Å²) in [7, 11) is 0. The number of pyridine rings is 1. The summed E-state index contributed by atoms with van der Waals surface area (Å²) in [6, 6.07) is 11.7. The van der Waals surface area contributed by atoms with E-state index in [0.717, 1.165) is 17.9 Å². The molecule has 0 unspecified atom stereocenters. The second-order valence-corrected chi connectivity index (χ2v) is 6.20. The number of hydrogen-bond donors (Lipinski definition) is 2. The van der Waals surface area contributed by atoms with Gasteiger partial charge in [-0.05, 0) is 35.7 Å². The van der Waals surface area contributed by atoms with Crippen LogP contribution in [0.2, 0.25) is 0 Å². The molecule has 1 aromatic carbocycles. The number of nitrogens with one attached hydrogen (secondary N) is 2. The maximum atomic E-state index is 11.8. The number of carbonyl (C=O) groups excluding carboxylic acids is 1. The number of hydrogen-bond acceptors (Lipinski definition) is 5. The first kappa shape index (κ1) is 17.6. The number of carbonyl (C=O) groups is 1. The van der Waals surface area contributed by atoms with E-state index in [2.05, 4.69) is 39.3 Å². The van der Waals surface area contributed by atoms with Crippen LogP contribution in [0.1, 0.15) is 31.2 Å². The second-order valence-electron chi connectivity index (χ2n) is 6.20. The van der Waals surface area contributed by atoms with Gasteiger partial charge in [-0.2, -0.15) is 5.10 Å². The Morgan fingerprint density at radius 2 is 2.00 bits per heavy atom. The molecular formula is C19H22N6O. The van der Waals surface area contributed by atoms with Crippen molar-refractivity contribution < 1.29 is 4.79 Å². The van der Waals surface area contributed by atoms with Crippen molar-refractivity contribution in [2.75, 3.05) is 16.8 Å². The average molecular weight is 350 g/mol. The van der Waals surface area contributed by atoms with Gasteiger partial charge in [-0.15, -0.1) is 0 Å². The van der Waals surface area contributed by atoms with E-state index < -0.39 is 0 Å². The number of aromatic amines is 1. The van der Waals surface area contributed by atoms with E-state index in [1.807, 2.05) is 36.4 Å². The molecule has 0 radical (unpaired) electrons. The molecule has 0 aliphatic rings. The number of aromatic nitrogens is 4. The molecule has 0 atom stereocenters. The zero-order valence-corrected chi connectivity index (χ0v) is 14.9. The van der Waals surface area contributed by atoms with Crippen molar-refractivity contribution >= 4 is 23.6 Å². The molecule has 26 heavy (non-hydrogen) atoms. The molecule has 2 aromatic heterocycles. The molecule has 3 rings (SSSR count). The molecule has 0 saturated heterocycles. The minimum absolute atomic E-state index is 0.445. The lowest BCUT2D eigenvalue weighted by molar-refractivity contribution is -0.106. The normalized spacial score (nSPS) is 10.7. The van der Waals surface area contributed by atoms with Gasteiger partial charge in [0, 0.05) is 24.8 Å². The highest BCUT2D eigenvalue weighted by molar-refractivity contribution is 5.90. The van der Waals surface area contributed by atoms with Gasteiger partial charge < -0.3 is 5.32 Å². The van der Waals surface area contributed by atoms with Gasteiger partial charge in [0.2, 0.25) is 6.41 Å². The van der Waals surface area contributed by atoms with Crippen LogP contribution in [0.4, 0.5) is 17.2 Å². The molecule has 7 nitrogen and oxygen atoms in total. The summed E-state index contributed by atoms with van der Waals surface area (Å²) in [5.41, 5.74) is 2.74. The van der Waals surface area contributed by atoms with Crippen LogP contribution in [0.25, 0.3) is 0 Å². The summed E-state index contributed by atoms with van der Waals surface area (Å²) >= 11 is 0. The average Bonchev–Trinajstić information content (AvgIpc) is 3.17. The Morgan fingerprint density at radius 3 is 2.65 bits per heavy atom. The van der Waals surface area contributed by atoms with E-state index >= 15 is 0 Å². The smallest absolute Gasteiger partial charge is 0.218 e. The number of amides is 1. The molecule has 0 aliphatic carbocycles. The van der Waals surface area contributed by atoms with Crippen LogP contribution >= 0.6 is 0 Å². The Balaban J connectivity index is 1.78. The number of anilines is 3. The van der Waals surface area contributed by atoms with Gasteiger partial charge >= 0.3 is 0 Å². The van der Waals surface area contributed by atoms with Crippen molar-refractivity contribution in [1.29, 1.82) is 0 Å². The standard InChI is InChI=1S/C19H22N6O/c1-14(2)15-5-7-16(8-6-15)25(13-26)17-4-3-10-20-19(17)21-11-9-18-22-12-23-24-18/h3-8,10,12-14H,9,11H2,1-2H3,(H,20,21)(H,22,23,24). The zero-order valence-electron chi connectivity index (χ0n) is 14.9. The lowest BCUT2D eigenvalue weighted by Gasteiger charge is -2.21. The summed E-state index contributed by atoms with van der Waals surface area (Å²) in [5, 5.41) is 9.92. The fraction of sp³-hybridized carbons (Fsp3) is 0.263. The maximum absolute atomic E-state index is 11.8. The van der Waals surface area contributed by atoms with Gasteiger partial charge in [0.15, 0.2) is 0 Å². The fourth-order valence-corrected chi connectivity index (χ4v) is 2.65.